The summed E-state index contributed by atoms with van der Waals surface area (Å²) in [5, 5.41) is 3.80. The molecule has 1 aliphatic heterocycles. The van der Waals surface area contributed by atoms with E-state index in [2.05, 4.69) is 37.9 Å². The van der Waals surface area contributed by atoms with Crippen LogP contribution < -0.4 is 5.32 Å². The van der Waals surface area contributed by atoms with Crippen LogP contribution in [0.1, 0.15) is 27.7 Å². The van der Waals surface area contributed by atoms with Gasteiger partial charge in [0.05, 0.1) is 0 Å². The number of hydrogen-bond acceptors (Lipinski definition) is 3. The number of piperazine rings is 1. The SMILES string of the molecule is CC1CN(CC(C)S(C)=O)C(C(C)C)CN1. The van der Waals surface area contributed by atoms with Crippen molar-refractivity contribution in [3.05, 3.63) is 0 Å². The van der Waals surface area contributed by atoms with E-state index >= 15 is 0 Å². The topological polar surface area (TPSA) is 32.3 Å². The third kappa shape index (κ3) is 3.82. The molecule has 4 unspecified atom stereocenters. The molecular formula is C12H26N2OS. The van der Waals surface area contributed by atoms with Gasteiger partial charge in [-0.1, -0.05) is 13.8 Å². The van der Waals surface area contributed by atoms with Crippen molar-refractivity contribution in [1.82, 2.24) is 10.2 Å². The van der Waals surface area contributed by atoms with Gasteiger partial charge in [0, 0.05) is 54.0 Å². The van der Waals surface area contributed by atoms with E-state index in [4.69, 9.17) is 0 Å². The summed E-state index contributed by atoms with van der Waals surface area (Å²) in [4.78, 5) is 2.51. The van der Waals surface area contributed by atoms with Crippen LogP contribution in [0.25, 0.3) is 0 Å². The number of nitrogens with zero attached hydrogens (tertiary/aromatic N) is 1. The monoisotopic (exact) mass is 246 g/mol. The molecule has 0 aromatic rings. The number of nitrogens with one attached hydrogen (secondary N) is 1. The summed E-state index contributed by atoms with van der Waals surface area (Å²) in [6.07, 6.45) is 1.81. The molecular weight excluding hydrogens is 220 g/mol. The minimum absolute atomic E-state index is 0.270. The summed E-state index contributed by atoms with van der Waals surface area (Å²) in [6, 6.07) is 1.13. The van der Waals surface area contributed by atoms with E-state index in [-0.39, 0.29) is 5.25 Å². The maximum atomic E-state index is 11.4. The van der Waals surface area contributed by atoms with Crippen LogP contribution in [0.3, 0.4) is 0 Å². The van der Waals surface area contributed by atoms with Crippen LogP contribution in [0.5, 0.6) is 0 Å². The van der Waals surface area contributed by atoms with Crippen molar-refractivity contribution < 1.29 is 4.21 Å². The Morgan fingerprint density at radius 1 is 1.44 bits per heavy atom. The standard InChI is InChI=1S/C12H26N2OS/c1-9(2)12-6-13-10(3)7-14(12)8-11(4)16(5)15/h9-13H,6-8H2,1-5H3. The van der Waals surface area contributed by atoms with Gasteiger partial charge in [-0.25, -0.2) is 0 Å². The summed E-state index contributed by atoms with van der Waals surface area (Å²) >= 11 is 0. The van der Waals surface area contributed by atoms with E-state index in [1.807, 2.05) is 0 Å². The maximum absolute atomic E-state index is 11.4. The van der Waals surface area contributed by atoms with Gasteiger partial charge >= 0.3 is 0 Å². The summed E-state index contributed by atoms with van der Waals surface area (Å²) < 4.78 is 11.4. The van der Waals surface area contributed by atoms with Crippen LogP contribution in [0.4, 0.5) is 0 Å². The first-order valence-electron chi connectivity index (χ1n) is 6.21. The van der Waals surface area contributed by atoms with E-state index in [9.17, 15) is 4.21 Å². The van der Waals surface area contributed by atoms with Gasteiger partial charge in [-0.15, -0.1) is 0 Å². The molecule has 0 radical (unpaired) electrons. The molecule has 0 spiro atoms. The average molecular weight is 246 g/mol. The smallest absolute Gasteiger partial charge is 0.0444 e. The highest BCUT2D eigenvalue weighted by Crippen LogP contribution is 2.16. The summed E-state index contributed by atoms with van der Waals surface area (Å²) in [5.74, 6) is 0.650. The quantitative estimate of drug-likeness (QED) is 0.805. The Kier molecular flexibility index (Phi) is 5.41. The highest BCUT2D eigenvalue weighted by Gasteiger charge is 2.29. The van der Waals surface area contributed by atoms with E-state index in [1.165, 1.54) is 0 Å². The van der Waals surface area contributed by atoms with Crippen LogP contribution in [-0.2, 0) is 10.8 Å². The van der Waals surface area contributed by atoms with E-state index in [1.54, 1.807) is 6.26 Å². The molecule has 1 N–H and O–H groups in total. The van der Waals surface area contributed by atoms with Gasteiger partial charge in [0.25, 0.3) is 0 Å². The molecule has 0 amide bonds. The van der Waals surface area contributed by atoms with Crippen molar-refractivity contribution in [1.29, 1.82) is 0 Å². The van der Waals surface area contributed by atoms with Crippen molar-refractivity contribution in [2.45, 2.75) is 45.0 Å². The first-order chi connectivity index (χ1) is 7.41. The zero-order chi connectivity index (χ0) is 12.3. The zero-order valence-corrected chi connectivity index (χ0v) is 12.0. The minimum Gasteiger partial charge on any atom is -0.311 e. The Balaban J connectivity index is 2.60. The molecule has 1 aliphatic rings. The molecule has 1 heterocycles. The summed E-state index contributed by atoms with van der Waals surface area (Å²) in [5.41, 5.74) is 0. The largest absolute Gasteiger partial charge is 0.311 e. The van der Waals surface area contributed by atoms with Crippen molar-refractivity contribution in [2.75, 3.05) is 25.9 Å². The molecule has 0 aromatic heterocycles. The van der Waals surface area contributed by atoms with Gasteiger partial charge < -0.3 is 5.32 Å². The molecule has 0 aromatic carbocycles. The van der Waals surface area contributed by atoms with Crippen molar-refractivity contribution in [3.8, 4) is 0 Å². The molecule has 0 saturated carbocycles. The third-order valence-corrected chi connectivity index (χ3v) is 4.76. The number of hydrogen-bond donors (Lipinski definition) is 1. The molecule has 3 nitrogen and oxygen atoms in total. The average Bonchev–Trinajstić information content (AvgIpc) is 2.16. The zero-order valence-electron chi connectivity index (χ0n) is 11.2. The van der Waals surface area contributed by atoms with Crippen molar-refractivity contribution in [3.63, 3.8) is 0 Å². The first-order valence-corrected chi connectivity index (χ1v) is 7.83. The van der Waals surface area contributed by atoms with Crippen LogP contribution in [0.15, 0.2) is 0 Å². The van der Waals surface area contributed by atoms with Crippen molar-refractivity contribution in [2.24, 2.45) is 5.92 Å². The second-order valence-corrected chi connectivity index (χ2v) is 7.19. The normalized spacial score (nSPS) is 31.6. The predicted molar refractivity (Wildman–Crippen MR) is 71.2 cm³/mol. The molecule has 1 rings (SSSR count). The van der Waals surface area contributed by atoms with E-state index in [0.717, 1.165) is 19.6 Å². The second kappa shape index (κ2) is 6.12. The molecule has 0 aliphatic carbocycles. The lowest BCUT2D eigenvalue weighted by atomic mass is 9.98. The molecule has 1 fully saturated rings. The minimum atomic E-state index is -0.713. The summed E-state index contributed by atoms with van der Waals surface area (Å²) in [7, 11) is -0.713. The van der Waals surface area contributed by atoms with Gasteiger partial charge in [0.1, 0.15) is 0 Å². The van der Waals surface area contributed by atoms with Gasteiger partial charge in [0.15, 0.2) is 0 Å². The van der Waals surface area contributed by atoms with E-state index in [0.29, 0.717) is 18.0 Å². The van der Waals surface area contributed by atoms with Crippen LogP contribution in [-0.4, -0.2) is 52.3 Å². The second-order valence-electron chi connectivity index (χ2n) is 5.38. The lowest BCUT2D eigenvalue weighted by Gasteiger charge is -2.42. The van der Waals surface area contributed by atoms with Crippen LogP contribution >= 0.6 is 0 Å². The highest BCUT2D eigenvalue weighted by molar-refractivity contribution is 7.84. The Morgan fingerprint density at radius 2 is 2.06 bits per heavy atom. The third-order valence-electron chi connectivity index (χ3n) is 3.48. The molecule has 16 heavy (non-hydrogen) atoms. The van der Waals surface area contributed by atoms with Crippen molar-refractivity contribution >= 4 is 10.8 Å². The summed E-state index contributed by atoms with van der Waals surface area (Å²) in [6.45, 7) is 11.9. The fraction of sp³-hybridized carbons (Fsp3) is 1.00. The Morgan fingerprint density at radius 3 is 2.56 bits per heavy atom. The molecule has 96 valence electrons. The Labute approximate surface area is 102 Å². The molecule has 4 heteroatoms. The van der Waals surface area contributed by atoms with E-state index < -0.39 is 10.8 Å². The maximum Gasteiger partial charge on any atom is 0.0444 e. The highest BCUT2D eigenvalue weighted by atomic mass is 32.2. The molecule has 4 atom stereocenters. The number of rotatable bonds is 4. The van der Waals surface area contributed by atoms with Crippen LogP contribution in [0.2, 0.25) is 0 Å². The van der Waals surface area contributed by atoms with Crippen LogP contribution in [0, 0.1) is 5.92 Å². The Bertz CT molecular complexity index is 245. The van der Waals surface area contributed by atoms with Gasteiger partial charge in [0.2, 0.25) is 0 Å². The Hall–Kier alpha value is 0.0700. The fourth-order valence-electron chi connectivity index (χ4n) is 2.31. The van der Waals surface area contributed by atoms with Gasteiger partial charge in [-0.2, -0.15) is 0 Å². The van der Waals surface area contributed by atoms with Gasteiger partial charge in [-0.3, -0.25) is 9.11 Å². The lowest BCUT2D eigenvalue weighted by Crippen LogP contribution is -2.58. The first kappa shape index (κ1) is 14.1. The molecule has 1 saturated heterocycles. The predicted octanol–water partition coefficient (Wildman–Crippen LogP) is 1.07. The lowest BCUT2D eigenvalue weighted by molar-refractivity contribution is 0.104. The van der Waals surface area contributed by atoms with Gasteiger partial charge in [-0.05, 0) is 19.8 Å². The fourth-order valence-corrected chi connectivity index (χ4v) is 2.71. The molecule has 0 bridgehead atoms.